The Morgan fingerprint density at radius 2 is 2.00 bits per heavy atom. The van der Waals surface area contributed by atoms with Gasteiger partial charge in [-0.1, -0.05) is 6.58 Å². The Balaban J connectivity index is 1.87. The van der Waals surface area contributed by atoms with Crippen molar-refractivity contribution in [2.24, 2.45) is 5.41 Å². The van der Waals surface area contributed by atoms with Crippen LogP contribution in [0.4, 0.5) is 0 Å². The topological polar surface area (TPSA) is 78.9 Å². The van der Waals surface area contributed by atoms with Crippen LogP contribution in [0.1, 0.15) is 18.9 Å². The highest BCUT2D eigenvalue weighted by Crippen LogP contribution is 2.45. The molecule has 0 saturated heterocycles. The van der Waals surface area contributed by atoms with Gasteiger partial charge in [-0.2, -0.15) is 0 Å². The predicted molar refractivity (Wildman–Crippen MR) is 92.4 cm³/mol. The summed E-state index contributed by atoms with van der Waals surface area (Å²) in [5, 5.41) is 0. The minimum atomic E-state index is -0.935. The average molecular weight is 352 g/mol. The van der Waals surface area contributed by atoms with E-state index >= 15 is 0 Å². The van der Waals surface area contributed by atoms with Crippen LogP contribution in [0.5, 0.6) is 5.75 Å². The molecule has 0 radical (unpaired) electrons. The van der Waals surface area contributed by atoms with Gasteiger partial charge in [-0.3, -0.25) is 9.59 Å². The van der Waals surface area contributed by atoms with Gasteiger partial charge in [0, 0.05) is 24.1 Å². The van der Waals surface area contributed by atoms with E-state index < -0.39 is 11.4 Å². The van der Waals surface area contributed by atoms with Gasteiger partial charge in [-0.15, -0.1) is 0 Å². The number of esters is 1. The minimum Gasteiger partial charge on any atom is -0.460 e. The molecule has 1 aliphatic heterocycles. The molecule has 3 rings (SSSR count). The summed E-state index contributed by atoms with van der Waals surface area (Å²) >= 11 is 0. The van der Waals surface area contributed by atoms with Crippen molar-refractivity contribution in [3.8, 4) is 5.75 Å². The first-order valence-corrected chi connectivity index (χ1v) is 7.86. The van der Waals surface area contributed by atoms with Crippen LogP contribution >= 0.6 is 0 Å². The molecule has 0 N–H and O–H groups in total. The van der Waals surface area contributed by atoms with Gasteiger partial charge in [0.15, 0.2) is 5.78 Å². The average Bonchev–Trinajstić information content (AvgIpc) is 2.63. The molecule has 0 spiro atoms. The van der Waals surface area contributed by atoms with Crippen LogP contribution in [-0.4, -0.2) is 18.2 Å². The highest BCUT2D eigenvalue weighted by atomic mass is 16.5. The molecular weight excluding hydrogens is 336 g/mol. The zero-order chi connectivity index (χ0) is 18.7. The molecule has 0 bridgehead atoms. The number of hydrogen-bond acceptors (Lipinski definition) is 6. The lowest BCUT2D eigenvalue weighted by atomic mass is 9.75. The molecule has 6 nitrogen and oxygen atoms in total. The van der Waals surface area contributed by atoms with E-state index in [1.54, 1.807) is 43.3 Å². The Hall–Kier alpha value is -3.41. The molecular formula is C20H16O6. The van der Waals surface area contributed by atoms with Crippen molar-refractivity contribution >= 4 is 24.0 Å². The number of benzene rings is 1. The van der Waals surface area contributed by atoms with Crippen molar-refractivity contribution < 1.29 is 28.6 Å². The van der Waals surface area contributed by atoms with Gasteiger partial charge in [0.2, 0.25) is 0 Å². The maximum absolute atomic E-state index is 12.7. The Morgan fingerprint density at radius 1 is 1.27 bits per heavy atom. The third kappa shape index (κ3) is 3.21. The first-order chi connectivity index (χ1) is 12.5. The molecule has 0 aromatic heterocycles. The van der Waals surface area contributed by atoms with E-state index in [1.807, 2.05) is 0 Å². The maximum atomic E-state index is 12.7. The summed E-state index contributed by atoms with van der Waals surface area (Å²) in [6.45, 7) is 5.44. The number of ether oxygens (including phenoxy) is 3. The predicted octanol–water partition coefficient (Wildman–Crippen LogP) is 3.07. The number of fused-ring (bicyclic) bond motifs is 1. The SMILES string of the molecule is C=CC(=O)OC1=CC=C2OC(c3ccc(OC=O)cc3)=CC(=O)C2(C)C1. The number of carbonyl (C=O) groups excluding carboxylic acids is 3. The van der Waals surface area contributed by atoms with Crippen LogP contribution in [0, 0.1) is 5.41 Å². The van der Waals surface area contributed by atoms with Crippen molar-refractivity contribution in [2.75, 3.05) is 0 Å². The fraction of sp³-hybridized carbons (Fsp3) is 0.150. The number of ketones is 1. The Morgan fingerprint density at radius 3 is 2.65 bits per heavy atom. The van der Waals surface area contributed by atoms with Gasteiger partial charge in [-0.05, 0) is 43.3 Å². The van der Waals surface area contributed by atoms with E-state index in [9.17, 15) is 14.4 Å². The number of allylic oxidation sites excluding steroid dienone is 5. The van der Waals surface area contributed by atoms with E-state index in [-0.39, 0.29) is 12.2 Å². The van der Waals surface area contributed by atoms with Gasteiger partial charge in [-0.25, -0.2) is 4.79 Å². The van der Waals surface area contributed by atoms with Gasteiger partial charge in [0.05, 0.1) is 5.41 Å². The molecule has 0 saturated carbocycles. The Bertz CT molecular complexity index is 872. The Kier molecular flexibility index (Phi) is 4.58. The smallest absolute Gasteiger partial charge is 0.335 e. The van der Waals surface area contributed by atoms with Crippen molar-refractivity contribution in [1.82, 2.24) is 0 Å². The number of hydrogen-bond donors (Lipinski definition) is 0. The second kappa shape index (κ2) is 6.84. The van der Waals surface area contributed by atoms with Gasteiger partial charge >= 0.3 is 5.97 Å². The molecule has 1 aromatic carbocycles. The second-order valence-corrected chi connectivity index (χ2v) is 6.01. The lowest BCUT2D eigenvalue weighted by Gasteiger charge is -2.36. The van der Waals surface area contributed by atoms with Crippen LogP contribution in [0.15, 0.2) is 66.7 Å². The fourth-order valence-corrected chi connectivity index (χ4v) is 2.77. The summed E-state index contributed by atoms with van der Waals surface area (Å²) in [5.41, 5.74) is -0.261. The molecule has 1 aliphatic carbocycles. The number of carbonyl (C=O) groups is 3. The summed E-state index contributed by atoms with van der Waals surface area (Å²) in [6, 6.07) is 6.59. The summed E-state index contributed by atoms with van der Waals surface area (Å²) in [7, 11) is 0. The van der Waals surface area contributed by atoms with E-state index in [4.69, 9.17) is 14.2 Å². The summed E-state index contributed by atoms with van der Waals surface area (Å²) in [5.74, 6) is 0.922. The largest absolute Gasteiger partial charge is 0.460 e. The van der Waals surface area contributed by atoms with Crippen molar-refractivity contribution in [3.05, 3.63) is 72.2 Å². The van der Waals surface area contributed by atoms with Crippen LogP contribution in [0.3, 0.4) is 0 Å². The molecule has 26 heavy (non-hydrogen) atoms. The standard InChI is InChI=1S/C20H16O6/c1-3-19(23)25-15-8-9-18-20(2,11-15)17(22)10-16(26-18)13-4-6-14(7-5-13)24-12-21/h3-10,12H,1,11H2,2H3. The number of rotatable bonds is 5. The molecule has 2 aliphatic rings. The lowest BCUT2D eigenvalue weighted by Crippen LogP contribution is -2.35. The van der Waals surface area contributed by atoms with Crippen LogP contribution < -0.4 is 4.74 Å². The first kappa shape index (κ1) is 17.4. The molecule has 0 amide bonds. The highest BCUT2D eigenvalue weighted by molar-refractivity contribution is 6.03. The van der Waals surface area contributed by atoms with Crippen molar-refractivity contribution in [1.29, 1.82) is 0 Å². The third-order valence-electron chi connectivity index (χ3n) is 4.24. The summed E-state index contributed by atoms with van der Waals surface area (Å²) in [6.07, 6.45) is 5.94. The van der Waals surface area contributed by atoms with E-state index in [0.29, 0.717) is 35.1 Å². The molecule has 1 heterocycles. The molecule has 0 fully saturated rings. The monoisotopic (exact) mass is 352 g/mol. The Labute approximate surface area is 150 Å². The fourth-order valence-electron chi connectivity index (χ4n) is 2.77. The van der Waals surface area contributed by atoms with Crippen LogP contribution in [0.25, 0.3) is 5.76 Å². The van der Waals surface area contributed by atoms with Crippen LogP contribution in [-0.2, 0) is 23.9 Å². The van der Waals surface area contributed by atoms with E-state index in [2.05, 4.69) is 6.58 Å². The lowest BCUT2D eigenvalue weighted by molar-refractivity contribution is -0.135. The second-order valence-electron chi connectivity index (χ2n) is 6.01. The molecule has 6 heteroatoms. The van der Waals surface area contributed by atoms with Gasteiger partial charge in [0.1, 0.15) is 23.0 Å². The zero-order valence-corrected chi connectivity index (χ0v) is 14.1. The first-order valence-electron chi connectivity index (χ1n) is 7.86. The molecule has 132 valence electrons. The normalized spacial score (nSPS) is 21.3. The van der Waals surface area contributed by atoms with Crippen molar-refractivity contribution in [2.45, 2.75) is 13.3 Å². The molecule has 1 unspecified atom stereocenters. The highest BCUT2D eigenvalue weighted by Gasteiger charge is 2.44. The molecule has 1 aromatic rings. The zero-order valence-electron chi connectivity index (χ0n) is 14.1. The van der Waals surface area contributed by atoms with Gasteiger partial charge in [0.25, 0.3) is 6.47 Å². The van der Waals surface area contributed by atoms with E-state index in [0.717, 1.165) is 6.08 Å². The van der Waals surface area contributed by atoms with Crippen molar-refractivity contribution in [3.63, 3.8) is 0 Å². The molecule has 1 atom stereocenters. The van der Waals surface area contributed by atoms with Crippen LogP contribution in [0.2, 0.25) is 0 Å². The van der Waals surface area contributed by atoms with E-state index in [1.165, 1.54) is 6.08 Å². The maximum Gasteiger partial charge on any atom is 0.335 e. The summed E-state index contributed by atoms with van der Waals surface area (Å²) < 4.78 is 15.8. The quantitative estimate of drug-likeness (QED) is 0.460. The third-order valence-corrected chi connectivity index (χ3v) is 4.24. The summed E-state index contributed by atoms with van der Waals surface area (Å²) in [4.78, 5) is 34.5. The van der Waals surface area contributed by atoms with Gasteiger partial charge < -0.3 is 14.2 Å². The minimum absolute atomic E-state index is 0.154.